The van der Waals surface area contributed by atoms with Gasteiger partial charge in [0.25, 0.3) is 0 Å². The summed E-state index contributed by atoms with van der Waals surface area (Å²) in [5.74, 6) is 0.557. The van der Waals surface area contributed by atoms with Gasteiger partial charge in [0.2, 0.25) is 0 Å². The average molecular weight is 274 g/mol. The third-order valence-electron chi connectivity index (χ3n) is 3.62. The van der Waals surface area contributed by atoms with Gasteiger partial charge in [0.1, 0.15) is 0 Å². The number of rotatable bonds is 9. The summed E-state index contributed by atoms with van der Waals surface area (Å²) in [5.41, 5.74) is 2.79. The van der Waals surface area contributed by atoms with Crippen LogP contribution in [0.2, 0.25) is 0 Å². The van der Waals surface area contributed by atoms with Gasteiger partial charge < -0.3 is 5.32 Å². The SMILES string of the molecule is C=CCN(CC)Cc1ccc(C(C)CNC(C)C)cc1. The Kier molecular flexibility index (Phi) is 7.56. The van der Waals surface area contributed by atoms with Crippen molar-refractivity contribution < 1.29 is 0 Å². The van der Waals surface area contributed by atoms with E-state index < -0.39 is 0 Å². The second kappa shape index (κ2) is 8.93. The molecule has 1 unspecified atom stereocenters. The largest absolute Gasteiger partial charge is 0.314 e. The number of benzene rings is 1. The Morgan fingerprint density at radius 2 is 1.85 bits per heavy atom. The molecule has 112 valence electrons. The molecule has 1 rings (SSSR count). The van der Waals surface area contributed by atoms with Crippen molar-refractivity contribution in [3.63, 3.8) is 0 Å². The van der Waals surface area contributed by atoms with Crippen molar-refractivity contribution in [3.05, 3.63) is 48.0 Å². The minimum Gasteiger partial charge on any atom is -0.314 e. The molecule has 1 aromatic rings. The summed E-state index contributed by atoms with van der Waals surface area (Å²) in [4.78, 5) is 2.38. The lowest BCUT2D eigenvalue weighted by Crippen LogP contribution is -2.27. The van der Waals surface area contributed by atoms with Crippen LogP contribution in [0.1, 0.15) is 44.7 Å². The van der Waals surface area contributed by atoms with Crippen LogP contribution in [0.3, 0.4) is 0 Å². The molecule has 0 saturated carbocycles. The maximum Gasteiger partial charge on any atom is 0.0236 e. The fourth-order valence-corrected chi connectivity index (χ4v) is 2.23. The van der Waals surface area contributed by atoms with Crippen LogP contribution in [0.5, 0.6) is 0 Å². The summed E-state index contributed by atoms with van der Waals surface area (Å²) in [5, 5.41) is 3.50. The number of likely N-dealkylation sites (N-methyl/N-ethyl adjacent to an activating group) is 1. The van der Waals surface area contributed by atoms with Crippen molar-refractivity contribution in [2.45, 2.75) is 46.2 Å². The maximum atomic E-state index is 3.81. The second-order valence-corrected chi connectivity index (χ2v) is 5.82. The van der Waals surface area contributed by atoms with Crippen LogP contribution < -0.4 is 5.32 Å². The molecule has 1 atom stereocenters. The lowest BCUT2D eigenvalue weighted by atomic mass is 9.99. The van der Waals surface area contributed by atoms with Crippen molar-refractivity contribution in [1.29, 1.82) is 0 Å². The topological polar surface area (TPSA) is 15.3 Å². The summed E-state index contributed by atoms with van der Waals surface area (Å²) in [6.07, 6.45) is 1.97. The summed E-state index contributed by atoms with van der Waals surface area (Å²) >= 11 is 0. The normalized spacial score (nSPS) is 12.9. The smallest absolute Gasteiger partial charge is 0.0236 e. The van der Waals surface area contributed by atoms with Gasteiger partial charge in [0.15, 0.2) is 0 Å². The third-order valence-corrected chi connectivity index (χ3v) is 3.62. The quantitative estimate of drug-likeness (QED) is 0.689. The molecule has 1 N–H and O–H groups in total. The van der Waals surface area contributed by atoms with Gasteiger partial charge in [-0.3, -0.25) is 4.90 Å². The molecule has 0 saturated heterocycles. The fraction of sp³-hybridized carbons (Fsp3) is 0.556. The van der Waals surface area contributed by atoms with Gasteiger partial charge in [0.05, 0.1) is 0 Å². The van der Waals surface area contributed by atoms with Crippen molar-refractivity contribution in [2.24, 2.45) is 0 Å². The van der Waals surface area contributed by atoms with E-state index in [9.17, 15) is 0 Å². The van der Waals surface area contributed by atoms with E-state index in [0.717, 1.165) is 26.2 Å². The van der Waals surface area contributed by atoms with Crippen molar-refractivity contribution in [1.82, 2.24) is 10.2 Å². The molecule has 0 aromatic heterocycles. The van der Waals surface area contributed by atoms with E-state index in [4.69, 9.17) is 0 Å². The lowest BCUT2D eigenvalue weighted by molar-refractivity contribution is 0.311. The predicted octanol–water partition coefficient (Wildman–Crippen LogP) is 3.80. The van der Waals surface area contributed by atoms with Gasteiger partial charge in [-0.1, -0.05) is 58.0 Å². The minimum atomic E-state index is 0.550. The lowest BCUT2D eigenvalue weighted by Gasteiger charge is -2.19. The number of nitrogens with one attached hydrogen (secondary N) is 1. The first kappa shape index (κ1) is 16.9. The Hall–Kier alpha value is -1.12. The summed E-state index contributed by atoms with van der Waals surface area (Å²) < 4.78 is 0. The van der Waals surface area contributed by atoms with Crippen LogP contribution in [0, 0.1) is 0 Å². The average Bonchev–Trinajstić information content (AvgIpc) is 2.45. The monoisotopic (exact) mass is 274 g/mol. The molecule has 0 spiro atoms. The predicted molar refractivity (Wildman–Crippen MR) is 89.1 cm³/mol. The number of hydrogen-bond acceptors (Lipinski definition) is 2. The van der Waals surface area contributed by atoms with Crippen LogP contribution in [0.4, 0.5) is 0 Å². The Labute approximate surface area is 124 Å². The Morgan fingerprint density at radius 1 is 1.20 bits per heavy atom. The fourth-order valence-electron chi connectivity index (χ4n) is 2.23. The zero-order valence-corrected chi connectivity index (χ0v) is 13.5. The van der Waals surface area contributed by atoms with Crippen LogP contribution in [0.25, 0.3) is 0 Å². The van der Waals surface area contributed by atoms with Gasteiger partial charge in [-0.2, -0.15) is 0 Å². The molecule has 0 amide bonds. The molecule has 20 heavy (non-hydrogen) atoms. The molecule has 0 heterocycles. The molecule has 0 bridgehead atoms. The Bertz CT molecular complexity index is 381. The van der Waals surface area contributed by atoms with Crippen molar-refractivity contribution in [3.8, 4) is 0 Å². The standard InChI is InChI=1S/C18H30N2/c1-6-12-20(7-2)14-17-8-10-18(11-9-17)16(5)13-19-15(3)4/h6,8-11,15-16,19H,1,7,12-14H2,2-5H3. The molecular weight excluding hydrogens is 244 g/mol. The molecule has 0 radical (unpaired) electrons. The van der Waals surface area contributed by atoms with Gasteiger partial charge in [-0.15, -0.1) is 6.58 Å². The van der Waals surface area contributed by atoms with Crippen molar-refractivity contribution >= 4 is 0 Å². The zero-order valence-electron chi connectivity index (χ0n) is 13.5. The highest BCUT2D eigenvalue weighted by Gasteiger charge is 2.07. The van der Waals surface area contributed by atoms with E-state index in [0.29, 0.717) is 12.0 Å². The third kappa shape index (κ3) is 5.89. The second-order valence-electron chi connectivity index (χ2n) is 5.82. The van der Waals surface area contributed by atoms with Crippen LogP contribution in [0.15, 0.2) is 36.9 Å². The molecular formula is C18H30N2. The van der Waals surface area contributed by atoms with Gasteiger partial charge in [-0.25, -0.2) is 0 Å². The molecule has 2 nitrogen and oxygen atoms in total. The van der Waals surface area contributed by atoms with E-state index in [1.165, 1.54) is 11.1 Å². The Balaban J connectivity index is 2.56. The van der Waals surface area contributed by atoms with E-state index >= 15 is 0 Å². The first-order valence-corrected chi connectivity index (χ1v) is 7.72. The first-order chi connectivity index (χ1) is 9.56. The first-order valence-electron chi connectivity index (χ1n) is 7.72. The summed E-state index contributed by atoms with van der Waals surface area (Å²) in [6.45, 7) is 16.7. The van der Waals surface area contributed by atoms with Crippen LogP contribution in [-0.2, 0) is 6.54 Å². The van der Waals surface area contributed by atoms with E-state index in [1.807, 2.05) is 6.08 Å². The van der Waals surface area contributed by atoms with E-state index in [2.05, 4.69) is 68.8 Å². The number of nitrogens with zero attached hydrogens (tertiary/aromatic N) is 1. The molecule has 2 heteroatoms. The summed E-state index contributed by atoms with van der Waals surface area (Å²) in [6, 6.07) is 9.60. The maximum absolute atomic E-state index is 3.81. The van der Waals surface area contributed by atoms with E-state index in [-0.39, 0.29) is 0 Å². The van der Waals surface area contributed by atoms with E-state index in [1.54, 1.807) is 0 Å². The van der Waals surface area contributed by atoms with Crippen LogP contribution in [-0.4, -0.2) is 30.6 Å². The highest BCUT2D eigenvalue weighted by Crippen LogP contribution is 2.16. The van der Waals surface area contributed by atoms with Gasteiger partial charge in [-0.05, 0) is 23.6 Å². The molecule has 0 fully saturated rings. The highest BCUT2D eigenvalue weighted by atomic mass is 15.1. The van der Waals surface area contributed by atoms with Gasteiger partial charge in [0, 0.05) is 25.7 Å². The minimum absolute atomic E-state index is 0.550. The Morgan fingerprint density at radius 3 is 2.35 bits per heavy atom. The van der Waals surface area contributed by atoms with Crippen molar-refractivity contribution in [2.75, 3.05) is 19.6 Å². The highest BCUT2D eigenvalue weighted by molar-refractivity contribution is 5.25. The molecule has 1 aromatic carbocycles. The van der Waals surface area contributed by atoms with Gasteiger partial charge >= 0.3 is 0 Å². The summed E-state index contributed by atoms with van der Waals surface area (Å²) in [7, 11) is 0. The van der Waals surface area contributed by atoms with Crippen LogP contribution >= 0.6 is 0 Å². The molecule has 0 aliphatic carbocycles. The molecule has 0 aliphatic heterocycles. The molecule has 0 aliphatic rings. The zero-order chi connectivity index (χ0) is 15.0. The number of hydrogen-bond donors (Lipinski definition) is 1.